The van der Waals surface area contributed by atoms with Gasteiger partial charge in [0.1, 0.15) is 5.25 Å². The standard InChI is InChI=1S/C7H13NOS/c1-6(2)5-10(9)7(3)4-8/h6-7H,5H2,1-3H3. The van der Waals surface area contributed by atoms with E-state index >= 15 is 0 Å². The number of hydrogen-bond donors (Lipinski definition) is 0. The molecule has 0 saturated heterocycles. The molecule has 2 atom stereocenters. The van der Waals surface area contributed by atoms with E-state index in [2.05, 4.69) is 0 Å². The molecule has 10 heavy (non-hydrogen) atoms. The van der Waals surface area contributed by atoms with Gasteiger partial charge in [0.2, 0.25) is 0 Å². The van der Waals surface area contributed by atoms with Crippen LogP contribution in [-0.4, -0.2) is 15.2 Å². The van der Waals surface area contributed by atoms with E-state index in [4.69, 9.17) is 5.26 Å². The zero-order valence-electron chi connectivity index (χ0n) is 6.63. The molecule has 2 unspecified atom stereocenters. The van der Waals surface area contributed by atoms with Gasteiger partial charge >= 0.3 is 0 Å². The molecule has 0 aromatic carbocycles. The van der Waals surface area contributed by atoms with Crippen molar-refractivity contribution in [3.63, 3.8) is 0 Å². The van der Waals surface area contributed by atoms with E-state index in [1.807, 2.05) is 19.9 Å². The lowest BCUT2D eigenvalue weighted by Crippen LogP contribution is -2.14. The second-order valence-corrected chi connectivity index (χ2v) is 4.51. The first-order chi connectivity index (χ1) is 4.57. The third-order valence-corrected chi connectivity index (χ3v) is 2.96. The maximum absolute atomic E-state index is 11.1. The van der Waals surface area contributed by atoms with Crippen molar-refractivity contribution < 1.29 is 4.21 Å². The van der Waals surface area contributed by atoms with Crippen LogP contribution in [0.15, 0.2) is 0 Å². The predicted octanol–water partition coefficient (Wildman–Crippen LogP) is 1.30. The maximum atomic E-state index is 11.1. The van der Waals surface area contributed by atoms with Gasteiger partial charge in [-0.1, -0.05) is 13.8 Å². The summed E-state index contributed by atoms with van der Waals surface area (Å²) in [4.78, 5) is 0. The Hall–Kier alpha value is -0.360. The summed E-state index contributed by atoms with van der Waals surface area (Å²) in [5.74, 6) is 1.05. The van der Waals surface area contributed by atoms with Gasteiger partial charge in [0.15, 0.2) is 0 Å². The minimum absolute atomic E-state index is 0.317. The van der Waals surface area contributed by atoms with Crippen LogP contribution in [0.2, 0.25) is 0 Å². The van der Waals surface area contributed by atoms with Crippen LogP contribution in [0.4, 0.5) is 0 Å². The predicted molar refractivity (Wildman–Crippen MR) is 42.9 cm³/mol. The third-order valence-electron chi connectivity index (χ3n) is 1.07. The highest BCUT2D eigenvalue weighted by Gasteiger charge is 2.10. The Labute approximate surface area is 64.7 Å². The summed E-state index contributed by atoms with van der Waals surface area (Å²) in [7, 11) is -0.956. The highest BCUT2D eigenvalue weighted by Crippen LogP contribution is 2.00. The lowest BCUT2D eigenvalue weighted by Gasteiger charge is -2.04. The molecule has 2 nitrogen and oxygen atoms in total. The molecule has 0 rings (SSSR count). The van der Waals surface area contributed by atoms with Gasteiger partial charge in [0, 0.05) is 16.6 Å². The van der Waals surface area contributed by atoms with Gasteiger partial charge in [-0.15, -0.1) is 0 Å². The maximum Gasteiger partial charge on any atom is 0.119 e. The smallest absolute Gasteiger partial charge is 0.119 e. The molecule has 0 radical (unpaired) electrons. The van der Waals surface area contributed by atoms with E-state index in [0.29, 0.717) is 11.7 Å². The molecule has 0 spiro atoms. The van der Waals surface area contributed by atoms with Gasteiger partial charge in [-0.05, 0) is 12.8 Å². The molecule has 58 valence electrons. The Morgan fingerprint density at radius 2 is 2.00 bits per heavy atom. The first kappa shape index (κ1) is 9.64. The zero-order chi connectivity index (χ0) is 8.15. The highest BCUT2D eigenvalue weighted by molar-refractivity contribution is 7.85. The lowest BCUT2D eigenvalue weighted by atomic mass is 10.3. The van der Waals surface area contributed by atoms with Crippen molar-refractivity contribution in [2.45, 2.75) is 26.0 Å². The molecular formula is C7H13NOS. The summed E-state index contributed by atoms with van der Waals surface area (Å²) in [6.45, 7) is 5.70. The molecule has 0 heterocycles. The van der Waals surface area contributed by atoms with Gasteiger partial charge in [-0.3, -0.25) is 4.21 Å². The van der Waals surface area contributed by atoms with E-state index in [0.717, 1.165) is 0 Å². The van der Waals surface area contributed by atoms with E-state index in [1.165, 1.54) is 0 Å². The minimum Gasteiger partial charge on any atom is -0.258 e. The van der Waals surface area contributed by atoms with Gasteiger partial charge < -0.3 is 0 Å². The molecule has 0 bridgehead atoms. The van der Waals surface area contributed by atoms with Crippen LogP contribution in [0.1, 0.15) is 20.8 Å². The zero-order valence-corrected chi connectivity index (χ0v) is 7.44. The number of hydrogen-bond acceptors (Lipinski definition) is 2. The van der Waals surface area contributed by atoms with Crippen LogP contribution < -0.4 is 0 Å². The molecule has 0 fully saturated rings. The average Bonchev–Trinajstić information content (AvgIpc) is 1.85. The summed E-state index contributed by atoms with van der Waals surface area (Å²) in [6.07, 6.45) is 0. The monoisotopic (exact) mass is 159 g/mol. The molecule has 0 N–H and O–H groups in total. The van der Waals surface area contributed by atoms with Gasteiger partial charge in [0.25, 0.3) is 0 Å². The Bertz CT molecular complexity index is 159. The molecule has 0 aliphatic heterocycles. The van der Waals surface area contributed by atoms with Crippen molar-refractivity contribution in [3.8, 4) is 6.07 Å². The summed E-state index contributed by atoms with van der Waals surface area (Å²) < 4.78 is 11.1. The highest BCUT2D eigenvalue weighted by atomic mass is 32.2. The van der Waals surface area contributed by atoms with Crippen LogP contribution >= 0.6 is 0 Å². The molecule has 0 aliphatic carbocycles. The summed E-state index contributed by atoms with van der Waals surface area (Å²) in [5.41, 5.74) is 0. The van der Waals surface area contributed by atoms with Crippen LogP contribution in [0.5, 0.6) is 0 Å². The lowest BCUT2D eigenvalue weighted by molar-refractivity contribution is 0.662. The topological polar surface area (TPSA) is 40.9 Å². The van der Waals surface area contributed by atoms with Crippen LogP contribution in [0, 0.1) is 17.2 Å². The number of rotatable bonds is 3. The van der Waals surface area contributed by atoms with Crippen LogP contribution in [0.3, 0.4) is 0 Å². The fourth-order valence-corrected chi connectivity index (χ4v) is 1.59. The number of nitrogens with zero attached hydrogens (tertiary/aromatic N) is 1. The van der Waals surface area contributed by atoms with Crippen molar-refractivity contribution >= 4 is 10.8 Å². The second-order valence-electron chi connectivity index (χ2n) is 2.71. The van der Waals surface area contributed by atoms with Crippen molar-refractivity contribution in [1.29, 1.82) is 5.26 Å². The Kier molecular flexibility index (Phi) is 4.29. The van der Waals surface area contributed by atoms with E-state index in [9.17, 15) is 4.21 Å². The van der Waals surface area contributed by atoms with Crippen LogP contribution in [-0.2, 0) is 10.8 Å². The Morgan fingerprint density at radius 1 is 1.50 bits per heavy atom. The normalized spacial score (nSPS) is 16.3. The SMILES string of the molecule is CC(C)CS(=O)C(C)C#N. The summed E-state index contributed by atoms with van der Waals surface area (Å²) in [5, 5.41) is 8.06. The fourth-order valence-electron chi connectivity index (χ4n) is 0.532. The third kappa shape index (κ3) is 3.62. The second kappa shape index (κ2) is 4.45. The summed E-state index contributed by atoms with van der Waals surface area (Å²) in [6, 6.07) is 1.97. The van der Waals surface area contributed by atoms with Crippen molar-refractivity contribution in [3.05, 3.63) is 0 Å². The molecular weight excluding hydrogens is 146 g/mol. The summed E-state index contributed by atoms with van der Waals surface area (Å²) >= 11 is 0. The quantitative estimate of drug-likeness (QED) is 0.623. The fraction of sp³-hybridized carbons (Fsp3) is 0.857. The van der Waals surface area contributed by atoms with Gasteiger partial charge in [-0.25, -0.2) is 0 Å². The van der Waals surface area contributed by atoms with Crippen molar-refractivity contribution in [1.82, 2.24) is 0 Å². The first-order valence-corrected chi connectivity index (χ1v) is 4.73. The van der Waals surface area contributed by atoms with Crippen LogP contribution in [0.25, 0.3) is 0 Å². The van der Waals surface area contributed by atoms with E-state index in [-0.39, 0.29) is 5.25 Å². The van der Waals surface area contributed by atoms with Crippen molar-refractivity contribution in [2.24, 2.45) is 5.92 Å². The molecule has 0 saturated carbocycles. The first-order valence-electron chi connectivity index (χ1n) is 3.34. The molecule has 0 aromatic heterocycles. The van der Waals surface area contributed by atoms with E-state index < -0.39 is 10.8 Å². The minimum atomic E-state index is -0.956. The van der Waals surface area contributed by atoms with Gasteiger partial charge in [0.05, 0.1) is 6.07 Å². The number of nitriles is 1. The molecule has 0 aromatic rings. The van der Waals surface area contributed by atoms with E-state index in [1.54, 1.807) is 6.92 Å². The molecule has 0 aliphatic rings. The average molecular weight is 159 g/mol. The molecule has 3 heteroatoms. The van der Waals surface area contributed by atoms with Crippen molar-refractivity contribution in [2.75, 3.05) is 5.75 Å². The Morgan fingerprint density at radius 3 is 2.30 bits per heavy atom. The Balaban J connectivity index is 3.76. The molecule has 0 amide bonds. The van der Waals surface area contributed by atoms with Gasteiger partial charge in [-0.2, -0.15) is 5.26 Å². The largest absolute Gasteiger partial charge is 0.258 e.